The minimum Gasteiger partial charge on any atom is -0.416 e. The molecule has 10 nitrogen and oxygen atoms in total. The van der Waals surface area contributed by atoms with Crippen molar-refractivity contribution in [2.75, 3.05) is 26.0 Å². The van der Waals surface area contributed by atoms with Gasteiger partial charge in [0.1, 0.15) is 0 Å². The van der Waals surface area contributed by atoms with Gasteiger partial charge < -0.3 is 19.5 Å². The average molecular weight is 369 g/mol. The molecule has 2 aromatic rings. The molecule has 0 bridgehead atoms. The normalized spacial score (nSPS) is 10.8. The van der Waals surface area contributed by atoms with Crippen molar-refractivity contribution in [3.05, 3.63) is 38.0 Å². The largest absolute Gasteiger partial charge is 0.416 e. The van der Waals surface area contributed by atoms with Crippen LogP contribution in [0.5, 0.6) is 0 Å². The number of carbonyl (C=O) groups is 1. The highest BCUT2D eigenvalue weighted by Crippen LogP contribution is 2.17. The van der Waals surface area contributed by atoms with Crippen molar-refractivity contribution in [3.8, 4) is 0 Å². The van der Waals surface area contributed by atoms with Crippen LogP contribution in [0.25, 0.3) is 0 Å². The van der Waals surface area contributed by atoms with Crippen molar-refractivity contribution in [2.24, 2.45) is 7.05 Å². The molecule has 2 N–H and O–H groups in total. The second-order valence-electron chi connectivity index (χ2n) is 5.17. The summed E-state index contributed by atoms with van der Waals surface area (Å²) in [5, 5.41) is 10.6. The van der Waals surface area contributed by atoms with Crippen LogP contribution in [0, 0.1) is 6.92 Å². The lowest BCUT2D eigenvalue weighted by Crippen LogP contribution is -2.36. The minimum absolute atomic E-state index is 0.100. The molecule has 2 heterocycles. The Kier molecular flexibility index (Phi) is 6.53. The average Bonchev–Trinajstić information content (AvgIpc) is 3.03. The van der Waals surface area contributed by atoms with E-state index in [4.69, 9.17) is 9.15 Å². The zero-order valence-corrected chi connectivity index (χ0v) is 14.9. The number of hydrogen-bond donors (Lipinski definition) is 2. The number of amides is 1. The molecule has 0 radical (unpaired) electrons. The molecule has 0 saturated heterocycles. The molecule has 0 aliphatic heterocycles. The molecule has 0 aromatic carbocycles. The van der Waals surface area contributed by atoms with Gasteiger partial charge in [0, 0.05) is 32.0 Å². The number of carbonyl (C=O) groups excluding carboxylic acids is 1. The Bertz CT molecular complexity index is 856. The Morgan fingerprint density at radius 2 is 2.16 bits per heavy atom. The summed E-state index contributed by atoms with van der Waals surface area (Å²) >= 11 is 1.10. The quantitative estimate of drug-likeness (QED) is 0.457. The minimum atomic E-state index is -0.479. The van der Waals surface area contributed by atoms with Gasteiger partial charge in [0.2, 0.25) is 11.8 Å². The van der Waals surface area contributed by atoms with Gasteiger partial charge in [0.15, 0.2) is 0 Å². The molecule has 1 amide bonds. The Morgan fingerprint density at radius 3 is 2.88 bits per heavy atom. The third-order valence-electron chi connectivity index (χ3n) is 3.35. The number of ether oxygens (including phenoxy) is 1. The molecule has 0 aliphatic rings. The van der Waals surface area contributed by atoms with Crippen molar-refractivity contribution in [1.29, 1.82) is 0 Å². The first-order valence-electron chi connectivity index (χ1n) is 7.42. The maximum absolute atomic E-state index is 12.1. The molecular weight excluding hydrogens is 350 g/mol. The summed E-state index contributed by atoms with van der Waals surface area (Å²) in [6.07, 6.45) is 0.100. The monoisotopic (exact) mass is 369 g/mol. The fraction of sp³-hybridized carbons (Fsp3) is 0.500. The summed E-state index contributed by atoms with van der Waals surface area (Å²) in [7, 11) is 2.94. The summed E-state index contributed by atoms with van der Waals surface area (Å²) in [5.41, 5.74) is -0.0590. The van der Waals surface area contributed by atoms with Gasteiger partial charge in [-0.15, -0.1) is 10.2 Å². The zero-order chi connectivity index (χ0) is 18.4. The molecule has 0 unspecified atom stereocenters. The van der Waals surface area contributed by atoms with E-state index in [1.807, 2.05) is 0 Å². The lowest BCUT2D eigenvalue weighted by Gasteiger charge is -2.04. The first-order valence-corrected chi connectivity index (χ1v) is 8.40. The molecule has 136 valence electrons. The van der Waals surface area contributed by atoms with E-state index >= 15 is 0 Å². The van der Waals surface area contributed by atoms with Crippen LogP contribution in [0.3, 0.4) is 0 Å². The Hall–Kier alpha value is -2.40. The van der Waals surface area contributed by atoms with Crippen LogP contribution in [0.4, 0.5) is 0 Å². The van der Waals surface area contributed by atoms with E-state index in [0.717, 1.165) is 16.3 Å². The van der Waals surface area contributed by atoms with Crippen LogP contribution >= 0.6 is 11.8 Å². The third-order valence-corrected chi connectivity index (χ3v) is 4.16. The number of rotatable bonds is 8. The number of thioether (sulfide) groups is 1. The Balaban J connectivity index is 1.99. The van der Waals surface area contributed by atoms with Crippen molar-refractivity contribution in [2.45, 2.75) is 18.6 Å². The Labute approximate surface area is 147 Å². The molecule has 0 fully saturated rings. The van der Waals surface area contributed by atoms with Gasteiger partial charge in [-0.2, -0.15) is 0 Å². The number of aryl methyl sites for hydroxylation is 1. The molecule has 0 aliphatic carbocycles. The van der Waals surface area contributed by atoms with Gasteiger partial charge in [-0.25, -0.2) is 4.79 Å². The summed E-state index contributed by atoms with van der Waals surface area (Å²) in [6.45, 7) is 2.50. The SMILES string of the molecule is COCCNC(=O)CSc1nnc(Cc2c(C)[nH]c(=O)n(C)c2=O)o1. The first kappa shape index (κ1) is 18.9. The van der Waals surface area contributed by atoms with Crippen LogP contribution in [0.2, 0.25) is 0 Å². The topological polar surface area (TPSA) is 132 Å². The number of nitrogens with zero attached hydrogens (tertiary/aromatic N) is 3. The van der Waals surface area contributed by atoms with Crippen molar-refractivity contribution < 1.29 is 13.9 Å². The van der Waals surface area contributed by atoms with Crippen molar-refractivity contribution in [3.63, 3.8) is 0 Å². The number of methoxy groups -OCH3 is 1. The van der Waals surface area contributed by atoms with E-state index in [2.05, 4.69) is 20.5 Å². The molecule has 2 aromatic heterocycles. The maximum Gasteiger partial charge on any atom is 0.328 e. The molecule has 11 heteroatoms. The number of aromatic amines is 1. The lowest BCUT2D eigenvalue weighted by atomic mass is 10.2. The Morgan fingerprint density at radius 1 is 1.40 bits per heavy atom. The predicted octanol–water partition coefficient (Wildman–Crippen LogP) is -0.789. The van der Waals surface area contributed by atoms with Gasteiger partial charge in [0.25, 0.3) is 10.8 Å². The van der Waals surface area contributed by atoms with Gasteiger partial charge in [-0.3, -0.25) is 14.2 Å². The standard InChI is InChI=1S/C14H19N5O5S/c1-8-9(12(21)19(2)13(22)16-8)6-11-17-18-14(24-11)25-7-10(20)15-4-5-23-3/h4-7H2,1-3H3,(H,15,20)(H,16,22). The van der Waals surface area contributed by atoms with Gasteiger partial charge in [-0.05, 0) is 6.92 Å². The number of H-pyrrole nitrogens is 1. The van der Waals surface area contributed by atoms with E-state index in [0.29, 0.717) is 24.4 Å². The van der Waals surface area contributed by atoms with Crippen LogP contribution in [0.15, 0.2) is 19.2 Å². The van der Waals surface area contributed by atoms with E-state index in [1.165, 1.54) is 7.05 Å². The molecule has 0 atom stereocenters. The van der Waals surface area contributed by atoms with Crippen molar-refractivity contribution in [1.82, 2.24) is 25.1 Å². The van der Waals surface area contributed by atoms with Crippen molar-refractivity contribution >= 4 is 17.7 Å². The van der Waals surface area contributed by atoms with Gasteiger partial charge >= 0.3 is 5.69 Å². The fourth-order valence-corrected chi connectivity index (χ4v) is 2.58. The summed E-state index contributed by atoms with van der Waals surface area (Å²) in [6, 6.07) is 0. The highest BCUT2D eigenvalue weighted by molar-refractivity contribution is 7.99. The lowest BCUT2D eigenvalue weighted by molar-refractivity contribution is -0.118. The number of hydrogen-bond acceptors (Lipinski definition) is 8. The van der Waals surface area contributed by atoms with E-state index in [-0.39, 0.29) is 29.2 Å². The van der Waals surface area contributed by atoms with E-state index in [9.17, 15) is 14.4 Å². The second kappa shape index (κ2) is 8.62. The maximum atomic E-state index is 12.1. The predicted molar refractivity (Wildman–Crippen MR) is 89.8 cm³/mol. The van der Waals surface area contributed by atoms with Crippen LogP contribution in [-0.2, 0) is 23.0 Å². The molecular formula is C14H19N5O5S. The van der Waals surface area contributed by atoms with Crippen LogP contribution in [-0.4, -0.2) is 51.7 Å². The summed E-state index contributed by atoms with van der Waals surface area (Å²) in [4.78, 5) is 37.8. The molecule has 25 heavy (non-hydrogen) atoms. The first-order chi connectivity index (χ1) is 11.9. The highest BCUT2D eigenvalue weighted by Gasteiger charge is 2.15. The second-order valence-corrected chi connectivity index (χ2v) is 6.09. The summed E-state index contributed by atoms with van der Waals surface area (Å²) < 4.78 is 11.3. The molecule has 0 spiro atoms. The summed E-state index contributed by atoms with van der Waals surface area (Å²) in [5.74, 6) is 0.187. The van der Waals surface area contributed by atoms with Gasteiger partial charge in [0.05, 0.1) is 18.8 Å². The van der Waals surface area contributed by atoms with Crippen LogP contribution < -0.4 is 16.6 Å². The molecule has 0 saturated carbocycles. The molecule has 2 rings (SSSR count). The van der Waals surface area contributed by atoms with Crippen LogP contribution in [0.1, 0.15) is 17.1 Å². The van der Waals surface area contributed by atoms with Gasteiger partial charge in [-0.1, -0.05) is 11.8 Å². The smallest absolute Gasteiger partial charge is 0.328 e. The van der Waals surface area contributed by atoms with E-state index < -0.39 is 11.2 Å². The number of nitrogens with one attached hydrogen (secondary N) is 2. The fourth-order valence-electron chi connectivity index (χ4n) is 1.97. The third kappa shape index (κ3) is 5.03. The zero-order valence-electron chi connectivity index (χ0n) is 14.1. The highest BCUT2D eigenvalue weighted by atomic mass is 32.2. The van der Waals surface area contributed by atoms with E-state index in [1.54, 1.807) is 14.0 Å². The number of aromatic nitrogens is 4.